The zero-order valence-corrected chi connectivity index (χ0v) is 18.1. The Morgan fingerprint density at radius 3 is 2.54 bits per heavy atom. The molecule has 2 saturated heterocycles. The topological polar surface area (TPSA) is 70.7 Å². The van der Waals surface area contributed by atoms with Crippen LogP contribution in [-0.2, 0) is 14.3 Å². The second-order valence-electron chi connectivity index (χ2n) is 8.52. The van der Waals surface area contributed by atoms with Crippen molar-refractivity contribution in [2.24, 2.45) is 10.8 Å². The molecule has 26 heavy (non-hydrogen) atoms. The summed E-state index contributed by atoms with van der Waals surface area (Å²) < 4.78 is 5.41. The fraction of sp³-hybridized carbons (Fsp3) is 0.889. The highest BCUT2D eigenvalue weighted by atomic mass is 35.5. The SMILES string of the molecule is COCC1(CNC(=O)C2CSCN2C(=O)CC(C)(C)C)CCNCC1.Cl. The summed E-state index contributed by atoms with van der Waals surface area (Å²) in [4.78, 5) is 27.0. The van der Waals surface area contributed by atoms with Gasteiger partial charge in [-0.3, -0.25) is 9.59 Å². The van der Waals surface area contributed by atoms with Gasteiger partial charge in [0.2, 0.25) is 11.8 Å². The molecule has 6 nitrogen and oxygen atoms in total. The Morgan fingerprint density at radius 2 is 1.96 bits per heavy atom. The zero-order chi connectivity index (χ0) is 18.5. The van der Waals surface area contributed by atoms with Gasteiger partial charge < -0.3 is 20.3 Å². The fourth-order valence-electron chi connectivity index (χ4n) is 3.49. The predicted octanol–water partition coefficient (Wildman–Crippen LogP) is 1.88. The normalized spacial score (nSPS) is 22.6. The molecule has 0 spiro atoms. The van der Waals surface area contributed by atoms with E-state index in [1.807, 2.05) is 0 Å². The van der Waals surface area contributed by atoms with Gasteiger partial charge >= 0.3 is 0 Å². The molecule has 0 bridgehead atoms. The number of methoxy groups -OCH3 is 1. The van der Waals surface area contributed by atoms with E-state index in [0.29, 0.717) is 31.2 Å². The third kappa shape index (κ3) is 6.59. The number of nitrogens with zero attached hydrogens (tertiary/aromatic N) is 1. The Kier molecular flexibility index (Phi) is 9.19. The monoisotopic (exact) mass is 407 g/mol. The summed E-state index contributed by atoms with van der Waals surface area (Å²) in [7, 11) is 1.71. The van der Waals surface area contributed by atoms with Crippen LogP contribution in [-0.4, -0.2) is 67.7 Å². The number of hydrogen-bond donors (Lipinski definition) is 2. The van der Waals surface area contributed by atoms with Crippen molar-refractivity contribution in [3.05, 3.63) is 0 Å². The van der Waals surface area contributed by atoms with Gasteiger partial charge in [0.25, 0.3) is 0 Å². The van der Waals surface area contributed by atoms with Gasteiger partial charge in [-0.2, -0.15) is 0 Å². The molecular formula is C18H34ClN3O3S. The lowest BCUT2D eigenvalue weighted by atomic mass is 9.79. The Labute approximate surface area is 168 Å². The summed E-state index contributed by atoms with van der Waals surface area (Å²) in [6.45, 7) is 9.33. The van der Waals surface area contributed by atoms with Gasteiger partial charge in [-0.15, -0.1) is 24.2 Å². The molecule has 2 amide bonds. The molecule has 2 heterocycles. The van der Waals surface area contributed by atoms with Crippen LogP contribution in [0.15, 0.2) is 0 Å². The highest BCUT2D eigenvalue weighted by molar-refractivity contribution is 7.99. The minimum atomic E-state index is -0.346. The molecular weight excluding hydrogens is 374 g/mol. The minimum Gasteiger partial charge on any atom is -0.384 e. The molecule has 8 heteroatoms. The number of halogens is 1. The largest absolute Gasteiger partial charge is 0.384 e. The summed E-state index contributed by atoms with van der Waals surface area (Å²) in [5.74, 6) is 1.34. The highest BCUT2D eigenvalue weighted by Crippen LogP contribution is 2.29. The van der Waals surface area contributed by atoms with E-state index in [4.69, 9.17) is 4.74 Å². The highest BCUT2D eigenvalue weighted by Gasteiger charge is 2.38. The molecule has 152 valence electrons. The summed E-state index contributed by atoms with van der Waals surface area (Å²) in [6.07, 6.45) is 2.46. The van der Waals surface area contributed by atoms with Crippen LogP contribution in [0.4, 0.5) is 0 Å². The molecule has 2 aliphatic rings. The number of thioether (sulfide) groups is 1. The van der Waals surface area contributed by atoms with E-state index in [9.17, 15) is 9.59 Å². The van der Waals surface area contributed by atoms with Gasteiger partial charge in [-0.05, 0) is 31.3 Å². The van der Waals surface area contributed by atoms with Crippen molar-refractivity contribution >= 4 is 36.0 Å². The average Bonchev–Trinajstić information content (AvgIpc) is 3.02. The van der Waals surface area contributed by atoms with Crippen LogP contribution in [0.25, 0.3) is 0 Å². The van der Waals surface area contributed by atoms with Gasteiger partial charge in [0.15, 0.2) is 0 Å². The molecule has 0 radical (unpaired) electrons. The molecule has 1 unspecified atom stereocenters. The maximum absolute atomic E-state index is 12.7. The van der Waals surface area contributed by atoms with E-state index in [0.717, 1.165) is 25.9 Å². The van der Waals surface area contributed by atoms with Crippen molar-refractivity contribution in [1.82, 2.24) is 15.5 Å². The number of nitrogens with one attached hydrogen (secondary N) is 2. The Hall–Kier alpha value is -0.500. The number of carbonyl (C=O) groups excluding carboxylic acids is 2. The van der Waals surface area contributed by atoms with Gasteiger partial charge in [0.05, 0.1) is 12.5 Å². The van der Waals surface area contributed by atoms with Crippen molar-refractivity contribution in [2.75, 3.05) is 45.0 Å². The van der Waals surface area contributed by atoms with Crippen LogP contribution in [0.2, 0.25) is 0 Å². The first-order valence-electron chi connectivity index (χ1n) is 9.11. The standard InChI is InChI=1S/C18H33N3O3S.ClH/c1-17(2,3)9-15(22)21-13-25-10-14(21)16(23)20-11-18(12-24-4)5-7-19-8-6-18;/h14,19H,5-13H2,1-4H3,(H,20,23);1H. The van der Waals surface area contributed by atoms with Crippen LogP contribution in [0.5, 0.6) is 0 Å². The van der Waals surface area contributed by atoms with E-state index >= 15 is 0 Å². The average molecular weight is 408 g/mol. The van der Waals surface area contributed by atoms with Crippen molar-refractivity contribution in [3.8, 4) is 0 Å². The second kappa shape index (κ2) is 10.2. The van der Waals surface area contributed by atoms with Crippen LogP contribution in [0.1, 0.15) is 40.0 Å². The number of rotatable bonds is 6. The summed E-state index contributed by atoms with van der Waals surface area (Å²) in [5, 5.41) is 6.47. The van der Waals surface area contributed by atoms with Crippen molar-refractivity contribution in [2.45, 2.75) is 46.1 Å². The molecule has 2 rings (SSSR count). The molecule has 0 aromatic heterocycles. The van der Waals surface area contributed by atoms with Crippen LogP contribution < -0.4 is 10.6 Å². The van der Waals surface area contributed by atoms with Crippen LogP contribution in [0, 0.1) is 10.8 Å². The first-order valence-corrected chi connectivity index (χ1v) is 10.3. The first-order chi connectivity index (χ1) is 11.8. The quantitative estimate of drug-likeness (QED) is 0.703. The van der Waals surface area contributed by atoms with Crippen molar-refractivity contribution < 1.29 is 14.3 Å². The third-order valence-electron chi connectivity index (χ3n) is 4.94. The maximum Gasteiger partial charge on any atom is 0.243 e. The van der Waals surface area contributed by atoms with E-state index in [-0.39, 0.29) is 41.1 Å². The van der Waals surface area contributed by atoms with E-state index in [2.05, 4.69) is 31.4 Å². The minimum absolute atomic E-state index is 0. The summed E-state index contributed by atoms with van der Waals surface area (Å²) in [5.41, 5.74) is -0.0648. The molecule has 0 aromatic carbocycles. The number of piperidine rings is 1. The van der Waals surface area contributed by atoms with E-state index < -0.39 is 0 Å². The maximum atomic E-state index is 12.7. The van der Waals surface area contributed by atoms with Crippen LogP contribution in [0.3, 0.4) is 0 Å². The van der Waals surface area contributed by atoms with Gasteiger partial charge in [-0.1, -0.05) is 20.8 Å². The molecule has 2 N–H and O–H groups in total. The molecule has 0 saturated carbocycles. The molecule has 2 aliphatic heterocycles. The second-order valence-corrected chi connectivity index (χ2v) is 9.52. The predicted molar refractivity (Wildman–Crippen MR) is 109 cm³/mol. The van der Waals surface area contributed by atoms with Gasteiger partial charge in [0, 0.05) is 31.2 Å². The van der Waals surface area contributed by atoms with E-state index in [1.165, 1.54) is 0 Å². The van der Waals surface area contributed by atoms with Gasteiger partial charge in [-0.25, -0.2) is 0 Å². The Balaban J connectivity index is 0.00000338. The van der Waals surface area contributed by atoms with Crippen LogP contribution >= 0.6 is 24.2 Å². The summed E-state index contributed by atoms with van der Waals surface area (Å²) in [6, 6.07) is -0.346. The number of carbonyl (C=O) groups is 2. The Morgan fingerprint density at radius 1 is 1.31 bits per heavy atom. The molecule has 0 aromatic rings. The zero-order valence-electron chi connectivity index (χ0n) is 16.4. The Bertz CT molecular complexity index is 473. The first kappa shape index (κ1) is 23.5. The smallest absolute Gasteiger partial charge is 0.243 e. The third-order valence-corrected chi connectivity index (χ3v) is 5.95. The summed E-state index contributed by atoms with van der Waals surface area (Å²) >= 11 is 1.65. The lowest BCUT2D eigenvalue weighted by molar-refractivity contribution is -0.139. The van der Waals surface area contributed by atoms with Crippen molar-refractivity contribution in [3.63, 3.8) is 0 Å². The number of hydrogen-bond acceptors (Lipinski definition) is 5. The lowest BCUT2D eigenvalue weighted by Gasteiger charge is -2.37. The van der Waals surface area contributed by atoms with Crippen molar-refractivity contribution in [1.29, 1.82) is 0 Å². The number of amides is 2. The molecule has 0 aliphatic carbocycles. The fourth-order valence-corrected chi connectivity index (χ4v) is 4.67. The van der Waals surface area contributed by atoms with E-state index in [1.54, 1.807) is 23.8 Å². The molecule has 2 fully saturated rings. The lowest BCUT2D eigenvalue weighted by Crippen LogP contribution is -2.52. The number of ether oxygens (including phenoxy) is 1. The van der Waals surface area contributed by atoms with Gasteiger partial charge in [0.1, 0.15) is 6.04 Å². The molecule has 1 atom stereocenters.